The Kier molecular flexibility index (Phi) is 8.58. The highest BCUT2D eigenvalue weighted by Crippen LogP contribution is 2.27. The zero-order valence-corrected chi connectivity index (χ0v) is 21.1. The monoisotopic (exact) mass is 531 g/mol. The number of morpholine rings is 1. The van der Waals surface area contributed by atoms with E-state index in [-0.39, 0.29) is 22.2 Å². The van der Waals surface area contributed by atoms with E-state index >= 15 is 0 Å². The van der Waals surface area contributed by atoms with Gasteiger partial charge in [-0.2, -0.15) is 0 Å². The van der Waals surface area contributed by atoms with Crippen LogP contribution in [0.2, 0.25) is 5.02 Å². The van der Waals surface area contributed by atoms with Crippen LogP contribution >= 0.6 is 11.6 Å². The predicted molar refractivity (Wildman–Crippen MR) is 137 cm³/mol. The lowest BCUT2D eigenvalue weighted by molar-refractivity contribution is -0.119. The molecule has 1 N–H and O–H groups in total. The van der Waals surface area contributed by atoms with E-state index in [2.05, 4.69) is 10.2 Å². The van der Waals surface area contributed by atoms with Gasteiger partial charge in [0, 0.05) is 26.2 Å². The van der Waals surface area contributed by atoms with Crippen LogP contribution < -0.4 is 9.62 Å². The lowest BCUT2D eigenvalue weighted by Gasteiger charge is -2.26. The summed E-state index contributed by atoms with van der Waals surface area (Å²) >= 11 is 5.90. The quantitative estimate of drug-likeness (QED) is 0.454. The Morgan fingerprint density at radius 3 is 2.33 bits per heavy atom. The second-order valence-corrected chi connectivity index (χ2v) is 10.7. The molecule has 10 heteroatoms. The number of halogens is 2. The fourth-order valence-electron chi connectivity index (χ4n) is 3.84. The van der Waals surface area contributed by atoms with Gasteiger partial charge in [0.05, 0.1) is 28.8 Å². The summed E-state index contributed by atoms with van der Waals surface area (Å²) in [5.41, 5.74) is 2.14. The van der Waals surface area contributed by atoms with Crippen LogP contribution in [0.1, 0.15) is 11.1 Å². The maximum Gasteiger partial charge on any atom is 0.264 e. The first-order valence-corrected chi connectivity index (χ1v) is 13.3. The number of benzene rings is 3. The molecule has 1 heterocycles. The summed E-state index contributed by atoms with van der Waals surface area (Å²) in [5.74, 6) is -1.19. The molecule has 4 rings (SSSR count). The van der Waals surface area contributed by atoms with E-state index in [1.54, 1.807) is 18.2 Å². The highest BCUT2D eigenvalue weighted by molar-refractivity contribution is 7.92. The zero-order chi connectivity index (χ0) is 25.5. The Hall–Kier alpha value is -2.98. The van der Waals surface area contributed by atoms with E-state index in [4.69, 9.17) is 16.3 Å². The molecule has 0 bridgehead atoms. The normalized spacial score (nSPS) is 14.4. The van der Waals surface area contributed by atoms with Crippen molar-refractivity contribution in [2.24, 2.45) is 0 Å². The van der Waals surface area contributed by atoms with Crippen LogP contribution in [0.3, 0.4) is 0 Å². The molecule has 1 aliphatic rings. The van der Waals surface area contributed by atoms with Gasteiger partial charge in [0.15, 0.2) is 0 Å². The summed E-state index contributed by atoms with van der Waals surface area (Å²) < 4.78 is 46.7. The number of carbonyl (C=O) groups is 1. The summed E-state index contributed by atoms with van der Waals surface area (Å²) in [5, 5.41) is 2.53. The lowest BCUT2D eigenvalue weighted by Crippen LogP contribution is -2.40. The second-order valence-electron chi connectivity index (χ2n) is 8.40. The average Bonchev–Trinajstić information content (AvgIpc) is 2.89. The summed E-state index contributed by atoms with van der Waals surface area (Å²) in [6.07, 6.45) is 0. The topological polar surface area (TPSA) is 79.0 Å². The van der Waals surface area contributed by atoms with Gasteiger partial charge >= 0.3 is 0 Å². The Bertz CT molecular complexity index is 1280. The Balaban J connectivity index is 1.44. The number of amides is 1. The summed E-state index contributed by atoms with van der Waals surface area (Å²) in [6.45, 7) is 3.87. The summed E-state index contributed by atoms with van der Waals surface area (Å²) in [7, 11) is -4.10. The molecule has 190 valence electrons. The van der Waals surface area contributed by atoms with Gasteiger partial charge in [-0.05, 0) is 41.5 Å². The van der Waals surface area contributed by atoms with E-state index in [1.165, 1.54) is 29.8 Å². The van der Waals surface area contributed by atoms with Gasteiger partial charge in [0.2, 0.25) is 5.91 Å². The Labute approximate surface area is 215 Å². The van der Waals surface area contributed by atoms with Crippen LogP contribution in [0.15, 0.2) is 77.7 Å². The van der Waals surface area contributed by atoms with Gasteiger partial charge in [-0.3, -0.25) is 14.0 Å². The van der Waals surface area contributed by atoms with Crippen molar-refractivity contribution in [3.05, 3.63) is 94.8 Å². The van der Waals surface area contributed by atoms with Crippen molar-refractivity contribution in [3.8, 4) is 0 Å². The molecule has 0 aliphatic carbocycles. The number of hydrogen-bond donors (Lipinski definition) is 1. The molecule has 1 saturated heterocycles. The molecular weight excluding hydrogens is 505 g/mol. The molecule has 0 radical (unpaired) electrons. The molecule has 0 saturated carbocycles. The third kappa shape index (κ3) is 6.61. The Morgan fingerprint density at radius 1 is 1.00 bits per heavy atom. The first kappa shape index (κ1) is 26.1. The number of carbonyl (C=O) groups excluding carboxylic acids is 1. The van der Waals surface area contributed by atoms with Crippen LogP contribution in [0.5, 0.6) is 0 Å². The number of hydrogen-bond acceptors (Lipinski definition) is 5. The predicted octanol–water partition coefficient (Wildman–Crippen LogP) is 3.82. The van der Waals surface area contributed by atoms with Crippen LogP contribution in [-0.4, -0.2) is 52.1 Å². The van der Waals surface area contributed by atoms with Gasteiger partial charge < -0.3 is 10.1 Å². The summed E-state index contributed by atoms with van der Waals surface area (Å²) in [4.78, 5) is 15.1. The van der Waals surface area contributed by atoms with E-state index in [9.17, 15) is 17.6 Å². The largest absolute Gasteiger partial charge is 0.379 e. The minimum atomic E-state index is -4.10. The standard InChI is InChI=1S/C26H27ClFN3O4S/c27-24-16-22(10-11-25(24)28)31(36(33,34)23-4-2-1-3-5-23)19-26(32)29-17-20-6-8-21(9-7-20)18-30-12-14-35-15-13-30/h1-11,16H,12-15,17-19H2,(H,29,32). The number of rotatable bonds is 9. The van der Waals surface area contributed by atoms with E-state index in [0.717, 1.165) is 48.8 Å². The van der Waals surface area contributed by atoms with Gasteiger partial charge in [0.1, 0.15) is 12.4 Å². The van der Waals surface area contributed by atoms with Crippen LogP contribution in [-0.2, 0) is 32.6 Å². The van der Waals surface area contributed by atoms with Crippen molar-refractivity contribution < 1.29 is 22.3 Å². The molecule has 0 unspecified atom stereocenters. The molecule has 36 heavy (non-hydrogen) atoms. The molecule has 7 nitrogen and oxygen atoms in total. The highest BCUT2D eigenvalue weighted by Gasteiger charge is 2.27. The Morgan fingerprint density at radius 2 is 1.67 bits per heavy atom. The molecule has 3 aromatic rings. The molecule has 0 aromatic heterocycles. The maximum absolute atomic E-state index is 13.7. The SMILES string of the molecule is O=C(CN(c1ccc(F)c(Cl)c1)S(=O)(=O)c1ccccc1)NCc1ccc(CN2CCOCC2)cc1. The van der Waals surface area contributed by atoms with Crippen LogP contribution in [0, 0.1) is 5.82 Å². The van der Waals surface area contributed by atoms with Crippen LogP contribution in [0.25, 0.3) is 0 Å². The molecule has 0 spiro atoms. The number of nitrogens with zero attached hydrogens (tertiary/aromatic N) is 2. The first-order chi connectivity index (χ1) is 17.3. The van der Waals surface area contributed by atoms with Gasteiger partial charge in [-0.25, -0.2) is 12.8 Å². The van der Waals surface area contributed by atoms with Crippen molar-refractivity contribution in [1.82, 2.24) is 10.2 Å². The van der Waals surface area contributed by atoms with Crippen molar-refractivity contribution in [2.45, 2.75) is 18.0 Å². The van der Waals surface area contributed by atoms with Gasteiger partial charge in [-0.1, -0.05) is 54.1 Å². The second kappa shape index (κ2) is 11.8. The fourth-order valence-corrected chi connectivity index (χ4v) is 5.45. The third-order valence-electron chi connectivity index (χ3n) is 5.83. The fraction of sp³-hybridized carbons (Fsp3) is 0.269. The van der Waals surface area contributed by atoms with Crippen molar-refractivity contribution in [2.75, 3.05) is 37.2 Å². The smallest absolute Gasteiger partial charge is 0.264 e. The molecule has 1 amide bonds. The van der Waals surface area contributed by atoms with Crippen LogP contribution in [0.4, 0.5) is 10.1 Å². The first-order valence-electron chi connectivity index (χ1n) is 11.5. The minimum absolute atomic E-state index is 0.00843. The van der Waals surface area contributed by atoms with E-state index in [1.807, 2.05) is 24.3 Å². The van der Waals surface area contributed by atoms with E-state index in [0.29, 0.717) is 0 Å². The minimum Gasteiger partial charge on any atom is -0.379 e. The van der Waals surface area contributed by atoms with Crippen molar-refractivity contribution in [3.63, 3.8) is 0 Å². The maximum atomic E-state index is 13.7. The zero-order valence-electron chi connectivity index (χ0n) is 19.6. The number of ether oxygens (including phenoxy) is 1. The molecule has 1 aliphatic heterocycles. The average molecular weight is 532 g/mol. The summed E-state index contributed by atoms with van der Waals surface area (Å²) in [6, 6.07) is 19.2. The highest BCUT2D eigenvalue weighted by atomic mass is 35.5. The number of anilines is 1. The third-order valence-corrected chi connectivity index (χ3v) is 7.91. The molecular formula is C26H27ClFN3O4S. The van der Waals surface area contributed by atoms with Crippen molar-refractivity contribution >= 4 is 33.2 Å². The molecule has 1 fully saturated rings. The van der Waals surface area contributed by atoms with E-state index < -0.39 is 28.3 Å². The molecule has 0 atom stereocenters. The number of nitrogens with one attached hydrogen (secondary N) is 1. The van der Waals surface area contributed by atoms with Crippen molar-refractivity contribution in [1.29, 1.82) is 0 Å². The van der Waals surface area contributed by atoms with Gasteiger partial charge in [0.25, 0.3) is 10.0 Å². The lowest BCUT2D eigenvalue weighted by atomic mass is 10.1. The van der Waals surface area contributed by atoms with Gasteiger partial charge in [-0.15, -0.1) is 0 Å². The molecule has 3 aromatic carbocycles. The number of sulfonamides is 1.